The van der Waals surface area contributed by atoms with Crippen LogP contribution in [0, 0.1) is 5.82 Å². The first-order valence-corrected chi connectivity index (χ1v) is 6.96. The SMILES string of the molecule is COc1ccc(CBr)c(OCc2ccccc2F)c1. The van der Waals surface area contributed by atoms with Crippen molar-refractivity contribution in [1.29, 1.82) is 0 Å². The molecule has 2 nitrogen and oxygen atoms in total. The van der Waals surface area contributed by atoms with Crippen LogP contribution in [-0.4, -0.2) is 7.11 Å². The van der Waals surface area contributed by atoms with E-state index in [0.717, 1.165) is 5.56 Å². The van der Waals surface area contributed by atoms with Crippen LogP contribution in [0.1, 0.15) is 11.1 Å². The molecule has 0 aliphatic rings. The average Bonchev–Trinajstić information content (AvgIpc) is 2.46. The lowest BCUT2D eigenvalue weighted by atomic mass is 10.2. The van der Waals surface area contributed by atoms with Crippen LogP contribution in [-0.2, 0) is 11.9 Å². The zero-order valence-electron chi connectivity index (χ0n) is 10.5. The van der Waals surface area contributed by atoms with Crippen molar-refractivity contribution in [3.63, 3.8) is 0 Å². The second-order valence-corrected chi connectivity index (χ2v) is 4.55. The molecule has 2 aromatic carbocycles. The second kappa shape index (κ2) is 6.57. The molecule has 0 bridgehead atoms. The standard InChI is InChI=1S/C15H14BrFO2/c1-18-13-7-6-11(9-16)15(8-13)19-10-12-4-2-3-5-14(12)17/h2-8H,9-10H2,1H3. The third-order valence-electron chi connectivity index (χ3n) is 2.76. The second-order valence-electron chi connectivity index (χ2n) is 3.99. The lowest BCUT2D eigenvalue weighted by molar-refractivity contribution is 0.295. The van der Waals surface area contributed by atoms with Crippen LogP contribution in [0.5, 0.6) is 11.5 Å². The Labute approximate surface area is 120 Å². The first-order chi connectivity index (χ1) is 9.24. The summed E-state index contributed by atoms with van der Waals surface area (Å²) >= 11 is 3.40. The summed E-state index contributed by atoms with van der Waals surface area (Å²) in [5.74, 6) is 1.15. The molecule has 0 heterocycles. The third kappa shape index (κ3) is 3.47. The fraction of sp³-hybridized carbons (Fsp3) is 0.200. The van der Waals surface area contributed by atoms with Crippen LogP contribution in [0.15, 0.2) is 42.5 Å². The summed E-state index contributed by atoms with van der Waals surface area (Å²) < 4.78 is 24.4. The van der Waals surface area contributed by atoms with Gasteiger partial charge in [-0.3, -0.25) is 0 Å². The van der Waals surface area contributed by atoms with Crippen molar-refractivity contribution in [3.8, 4) is 11.5 Å². The first kappa shape index (κ1) is 13.9. The molecule has 0 radical (unpaired) electrons. The lowest BCUT2D eigenvalue weighted by Crippen LogP contribution is -2.00. The molecule has 0 amide bonds. The fourth-order valence-corrected chi connectivity index (χ4v) is 2.14. The van der Waals surface area contributed by atoms with E-state index < -0.39 is 0 Å². The Hall–Kier alpha value is -1.55. The van der Waals surface area contributed by atoms with Crippen molar-refractivity contribution >= 4 is 15.9 Å². The van der Waals surface area contributed by atoms with E-state index in [1.807, 2.05) is 12.1 Å². The number of benzene rings is 2. The highest BCUT2D eigenvalue weighted by atomic mass is 79.9. The highest BCUT2D eigenvalue weighted by Crippen LogP contribution is 2.27. The highest BCUT2D eigenvalue weighted by molar-refractivity contribution is 9.08. The molecule has 0 saturated heterocycles. The van der Waals surface area contributed by atoms with Crippen molar-refractivity contribution in [3.05, 3.63) is 59.4 Å². The maximum absolute atomic E-state index is 13.5. The minimum atomic E-state index is -0.259. The third-order valence-corrected chi connectivity index (χ3v) is 3.36. The maximum atomic E-state index is 13.5. The highest BCUT2D eigenvalue weighted by Gasteiger charge is 2.07. The largest absolute Gasteiger partial charge is 0.497 e. The molecular weight excluding hydrogens is 311 g/mol. The Morgan fingerprint density at radius 2 is 1.89 bits per heavy atom. The number of methoxy groups -OCH3 is 1. The minimum Gasteiger partial charge on any atom is -0.497 e. The maximum Gasteiger partial charge on any atom is 0.129 e. The summed E-state index contributed by atoms with van der Waals surface area (Å²) in [4.78, 5) is 0. The van der Waals surface area contributed by atoms with Crippen molar-refractivity contribution < 1.29 is 13.9 Å². The molecule has 0 aliphatic heterocycles. The summed E-state index contributed by atoms with van der Waals surface area (Å²) in [5.41, 5.74) is 1.53. The molecule has 0 unspecified atom stereocenters. The van der Waals surface area contributed by atoms with Crippen molar-refractivity contribution in [2.24, 2.45) is 0 Å². The van der Waals surface area contributed by atoms with Gasteiger partial charge in [0.05, 0.1) is 7.11 Å². The van der Waals surface area contributed by atoms with Gasteiger partial charge >= 0.3 is 0 Å². The van der Waals surface area contributed by atoms with Crippen LogP contribution in [0.4, 0.5) is 4.39 Å². The van der Waals surface area contributed by atoms with Crippen molar-refractivity contribution in [2.45, 2.75) is 11.9 Å². The predicted octanol–water partition coefficient (Wildman–Crippen LogP) is 4.31. The van der Waals surface area contributed by atoms with Gasteiger partial charge < -0.3 is 9.47 Å². The molecule has 2 rings (SSSR count). The molecule has 2 aromatic rings. The van der Waals surface area contributed by atoms with E-state index in [0.29, 0.717) is 22.4 Å². The van der Waals surface area contributed by atoms with Crippen molar-refractivity contribution in [1.82, 2.24) is 0 Å². The number of rotatable bonds is 5. The predicted molar refractivity (Wildman–Crippen MR) is 76.4 cm³/mol. The smallest absolute Gasteiger partial charge is 0.129 e. The van der Waals surface area contributed by atoms with E-state index in [-0.39, 0.29) is 12.4 Å². The molecule has 4 heteroatoms. The monoisotopic (exact) mass is 324 g/mol. The molecule has 0 aromatic heterocycles. The van der Waals surface area contributed by atoms with Gasteiger partial charge in [0, 0.05) is 22.5 Å². The molecule has 0 aliphatic carbocycles. The quantitative estimate of drug-likeness (QED) is 0.763. The summed E-state index contributed by atoms with van der Waals surface area (Å²) in [6.07, 6.45) is 0. The Morgan fingerprint density at radius 1 is 1.11 bits per heavy atom. The van der Waals surface area contributed by atoms with Crippen LogP contribution in [0.25, 0.3) is 0 Å². The molecule has 100 valence electrons. The Morgan fingerprint density at radius 3 is 2.58 bits per heavy atom. The van der Waals surface area contributed by atoms with Gasteiger partial charge in [0.2, 0.25) is 0 Å². The van der Waals surface area contributed by atoms with E-state index >= 15 is 0 Å². The summed E-state index contributed by atoms with van der Waals surface area (Å²) in [6, 6.07) is 12.2. The van der Waals surface area contributed by atoms with Gasteiger partial charge in [-0.25, -0.2) is 4.39 Å². The molecule has 0 N–H and O–H groups in total. The summed E-state index contributed by atoms with van der Waals surface area (Å²) in [5, 5.41) is 0.670. The zero-order valence-corrected chi connectivity index (χ0v) is 12.1. The summed E-state index contributed by atoms with van der Waals surface area (Å²) in [6.45, 7) is 0.194. The summed E-state index contributed by atoms with van der Waals surface area (Å²) in [7, 11) is 1.60. The minimum absolute atomic E-state index is 0.194. The first-order valence-electron chi connectivity index (χ1n) is 5.83. The van der Waals surface area contributed by atoms with Crippen LogP contribution < -0.4 is 9.47 Å². The number of alkyl halides is 1. The Balaban J connectivity index is 2.16. The van der Waals surface area contributed by atoms with E-state index in [1.54, 1.807) is 31.4 Å². The molecule has 0 fully saturated rings. The number of hydrogen-bond donors (Lipinski definition) is 0. The lowest BCUT2D eigenvalue weighted by Gasteiger charge is -2.12. The van der Waals surface area contributed by atoms with E-state index in [4.69, 9.17) is 9.47 Å². The van der Waals surface area contributed by atoms with Gasteiger partial charge in [-0.15, -0.1) is 0 Å². The van der Waals surface area contributed by atoms with Crippen molar-refractivity contribution in [2.75, 3.05) is 7.11 Å². The fourth-order valence-electron chi connectivity index (χ4n) is 1.68. The van der Waals surface area contributed by atoms with Crippen LogP contribution in [0.2, 0.25) is 0 Å². The van der Waals surface area contributed by atoms with E-state index in [2.05, 4.69) is 15.9 Å². The van der Waals surface area contributed by atoms with Gasteiger partial charge in [0.1, 0.15) is 23.9 Å². The molecule has 0 atom stereocenters. The zero-order chi connectivity index (χ0) is 13.7. The van der Waals surface area contributed by atoms with E-state index in [1.165, 1.54) is 6.07 Å². The van der Waals surface area contributed by atoms with Gasteiger partial charge in [0.15, 0.2) is 0 Å². The van der Waals surface area contributed by atoms with Gasteiger partial charge in [-0.05, 0) is 12.1 Å². The number of hydrogen-bond acceptors (Lipinski definition) is 2. The Kier molecular flexibility index (Phi) is 4.80. The van der Waals surface area contributed by atoms with Crippen LogP contribution in [0.3, 0.4) is 0 Å². The molecule has 0 saturated carbocycles. The van der Waals surface area contributed by atoms with E-state index in [9.17, 15) is 4.39 Å². The number of halogens is 2. The van der Waals surface area contributed by atoms with Gasteiger partial charge in [-0.2, -0.15) is 0 Å². The normalized spacial score (nSPS) is 10.3. The molecule has 0 spiro atoms. The van der Waals surface area contributed by atoms with Gasteiger partial charge in [0.25, 0.3) is 0 Å². The Bertz CT molecular complexity index is 558. The van der Waals surface area contributed by atoms with Crippen LogP contribution >= 0.6 is 15.9 Å². The molecule has 19 heavy (non-hydrogen) atoms. The molecular formula is C15H14BrFO2. The number of ether oxygens (including phenoxy) is 2. The average molecular weight is 325 g/mol. The van der Waals surface area contributed by atoms with Gasteiger partial charge in [-0.1, -0.05) is 40.2 Å². The topological polar surface area (TPSA) is 18.5 Å².